The number of alkyl halides is 1. The second-order valence-corrected chi connectivity index (χ2v) is 6.84. The van der Waals surface area contributed by atoms with E-state index in [2.05, 4.69) is 35.0 Å². The van der Waals surface area contributed by atoms with Crippen LogP contribution in [0.5, 0.6) is 11.5 Å². The van der Waals surface area contributed by atoms with Crippen molar-refractivity contribution in [1.29, 1.82) is 0 Å². The van der Waals surface area contributed by atoms with Gasteiger partial charge in [0.15, 0.2) is 11.5 Å². The fourth-order valence-corrected chi connectivity index (χ4v) is 3.21. The first-order valence-corrected chi connectivity index (χ1v) is 8.97. The Morgan fingerprint density at radius 3 is 2.29 bits per heavy atom. The summed E-state index contributed by atoms with van der Waals surface area (Å²) in [6.07, 6.45) is 10.4. The summed E-state index contributed by atoms with van der Waals surface area (Å²) in [6.45, 7) is 2.26. The molecular weight excluding hydrogens is 328 g/mol. The molecule has 21 heavy (non-hydrogen) atoms. The van der Waals surface area contributed by atoms with Crippen LogP contribution in [0, 0.1) is 0 Å². The lowest BCUT2D eigenvalue weighted by Gasteiger charge is -2.12. The molecule has 1 aromatic rings. The number of methoxy groups -OCH3 is 2. The molecule has 1 unspecified atom stereocenters. The second-order valence-electron chi connectivity index (χ2n) is 5.55. The summed E-state index contributed by atoms with van der Waals surface area (Å²) >= 11 is 3.81. The Morgan fingerprint density at radius 1 is 0.952 bits per heavy atom. The van der Waals surface area contributed by atoms with E-state index < -0.39 is 0 Å². The third-order valence-electron chi connectivity index (χ3n) is 3.78. The molecule has 0 radical (unpaired) electrons. The first-order chi connectivity index (χ1) is 10.2. The number of unbranched alkanes of at least 4 members (excludes halogenated alkanes) is 5. The average Bonchev–Trinajstić information content (AvgIpc) is 2.50. The molecule has 0 aliphatic carbocycles. The third kappa shape index (κ3) is 7.21. The van der Waals surface area contributed by atoms with Crippen molar-refractivity contribution >= 4 is 15.9 Å². The maximum absolute atomic E-state index is 5.35. The lowest BCUT2D eigenvalue weighted by atomic mass is 10.0. The van der Waals surface area contributed by atoms with E-state index in [1.54, 1.807) is 14.2 Å². The summed E-state index contributed by atoms with van der Waals surface area (Å²) in [7, 11) is 3.35. The zero-order valence-corrected chi connectivity index (χ0v) is 15.2. The monoisotopic (exact) mass is 356 g/mol. The second kappa shape index (κ2) is 10.9. The first kappa shape index (κ1) is 18.3. The Hall–Kier alpha value is -0.700. The lowest BCUT2D eigenvalue weighted by Crippen LogP contribution is -2.03. The van der Waals surface area contributed by atoms with Gasteiger partial charge in [-0.3, -0.25) is 0 Å². The van der Waals surface area contributed by atoms with Crippen molar-refractivity contribution < 1.29 is 9.47 Å². The summed E-state index contributed by atoms with van der Waals surface area (Å²) < 4.78 is 10.6. The van der Waals surface area contributed by atoms with Gasteiger partial charge < -0.3 is 9.47 Å². The van der Waals surface area contributed by atoms with Crippen molar-refractivity contribution in [2.45, 2.75) is 63.1 Å². The maximum atomic E-state index is 5.35. The summed E-state index contributed by atoms with van der Waals surface area (Å²) in [5.74, 6) is 1.61. The van der Waals surface area contributed by atoms with Crippen molar-refractivity contribution in [3.63, 3.8) is 0 Å². The fourth-order valence-electron chi connectivity index (χ4n) is 2.51. The normalized spacial score (nSPS) is 12.2. The number of hydrogen-bond acceptors (Lipinski definition) is 2. The van der Waals surface area contributed by atoms with E-state index in [1.807, 2.05) is 6.07 Å². The molecule has 0 aromatic heterocycles. The van der Waals surface area contributed by atoms with Gasteiger partial charge in [0.25, 0.3) is 0 Å². The highest BCUT2D eigenvalue weighted by atomic mass is 79.9. The quantitative estimate of drug-likeness (QED) is 0.370. The predicted molar refractivity (Wildman–Crippen MR) is 94.0 cm³/mol. The zero-order chi connectivity index (χ0) is 15.5. The van der Waals surface area contributed by atoms with E-state index in [0.29, 0.717) is 4.83 Å². The van der Waals surface area contributed by atoms with E-state index >= 15 is 0 Å². The summed E-state index contributed by atoms with van der Waals surface area (Å²) in [5, 5.41) is 0. The lowest BCUT2D eigenvalue weighted by molar-refractivity contribution is 0.354. The summed E-state index contributed by atoms with van der Waals surface area (Å²) in [5.41, 5.74) is 1.29. The standard InChI is InChI=1S/C18H29BrO2/c1-4-5-6-7-8-9-10-16(19)13-15-11-12-17(20-2)18(14-15)21-3/h11-12,14,16H,4-10,13H2,1-3H3. The molecule has 0 bridgehead atoms. The smallest absolute Gasteiger partial charge is 0.160 e. The van der Waals surface area contributed by atoms with Crippen molar-refractivity contribution in [3.05, 3.63) is 23.8 Å². The Bertz CT molecular complexity index is 393. The minimum Gasteiger partial charge on any atom is -0.493 e. The van der Waals surface area contributed by atoms with Crippen LogP contribution in [-0.2, 0) is 6.42 Å². The molecule has 1 atom stereocenters. The Balaban J connectivity index is 2.32. The van der Waals surface area contributed by atoms with Crippen LogP contribution in [0.3, 0.4) is 0 Å². The Kier molecular flexibility index (Phi) is 9.56. The van der Waals surface area contributed by atoms with Crippen molar-refractivity contribution in [1.82, 2.24) is 0 Å². The largest absolute Gasteiger partial charge is 0.493 e. The van der Waals surface area contributed by atoms with Crippen molar-refractivity contribution in [3.8, 4) is 11.5 Å². The van der Waals surface area contributed by atoms with Crippen LogP contribution in [0.15, 0.2) is 18.2 Å². The van der Waals surface area contributed by atoms with Crippen LogP contribution >= 0.6 is 15.9 Å². The van der Waals surface area contributed by atoms with E-state index in [-0.39, 0.29) is 0 Å². The van der Waals surface area contributed by atoms with E-state index in [1.165, 1.54) is 50.5 Å². The molecule has 2 nitrogen and oxygen atoms in total. The van der Waals surface area contributed by atoms with Gasteiger partial charge in [0.05, 0.1) is 14.2 Å². The summed E-state index contributed by atoms with van der Waals surface area (Å²) in [6, 6.07) is 6.18. The van der Waals surface area contributed by atoms with Gasteiger partial charge in [-0.05, 0) is 30.5 Å². The van der Waals surface area contributed by atoms with E-state index in [9.17, 15) is 0 Å². The number of benzene rings is 1. The minimum absolute atomic E-state index is 0.543. The van der Waals surface area contributed by atoms with Gasteiger partial charge in [0, 0.05) is 4.83 Å². The number of ether oxygens (including phenoxy) is 2. The van der Waals surface area contributed by atoms with E-state index in [4.69, 9.17) is 9.47 Å². The van der Waals surface area contributed by atoms with Crippen LogP contribution in [0.1, 0.15) is 57.4 Å². The molecule has 0 aliphatic heterocycles. The fraction of sp³-hybridized carbons (Fsp3) is 0.667. The highest BCUT2D eigenvalue weighted by molar-refractivity contribution is 9.09. The molecular formula is C18H29BrO2. The van der Waals surface area contributed by atoms with Crippen molar-refractivity contribution in [2.24, 2.45) is 0 Å². The van der Waals surface area contributed by atoms with Gasteiger partial charge in [-0.2, -0.15) is 0 Å². The number of halogens is 1. The van der Waals surface area contributed by atoms with Gasteiger partial charge in [0.2, 0.25) is 0 Å². The van der Waals surface area contributed by atoms with Gasteiger partial charge in [-0.1, -0.05) is 67.4 Å². The highest BCUT2D eigenvalue weighted by Gasteiger charge is 2.09. The van der Waals surface area contributed by atoms with Crippen LogP contribution in [0.2, 0.25) is 0 Å². The Labute approximate surface area is 138 Å². The molecule has 0 fully saturated rings. The highest BCUT2D eigenvalue weighted by Crippen LogP contribution is 2.29. The average molecular weight is 357 g/mol. The molecule has 1 rings (SSSR count). The molecule has 0 amide bonds. The van der Waals surface area contributed by atoms with E-state index in [0.717, 1.165) is 17.9 Å². The zero-order valence-electron chi connectivity index (χ0n) is 13.7. The molecule has 0 aliphatic rings. The van der Waals surface area contributed by atoms with Gasteiger partial charge in [-0.15, -0.1) is 0 Å². The molecule has 3 heteroatoms. The molecule has 0 N–H and O–H groups in total. The molecule has 1 aromatic carbocycles. The number of rotatable bonds is 11. The van der Waals surface area contributed by atoms with Crippen molar-refractivity contribution in [2.75, 3.05) is 14.2 Å². The molecule has 120 valence electrons. The van der Waals surface area contributed by atoms with Gasteiger partial charge >= 0.3 is 0 Å². The number of hydrogen-bond donors (Lipinski definition) is 0. The molecule has 0 spiro atoms. The topological polar surface area (TPSA) is 18.5 Å². The minimum atomic E-state index is 0.543. The Morgan fingerprint density at radius 2 is 1.62 bits per heavy atom. The molecule has 0 saturated heterocycles. The first-order valence-electron chi connectivity index (χ1n) is 8.06. The van der Waals surface area contributed by atoms with Crippen LogP contribution in [0.25, 0.3) is 0 Å². The SMILES string of the molecule is CCCCCCCCC(Br)Cc1ccc(OC)c(OC)c1. The molecule has 0 saturated carbocycles. The molecule has 0 heterocycles. The third-order valence-corrected chi connectivity index (χ3v) is 4.56. The van der Waals surface area contributed by atoms with Gasteiger partial charge in [-0.25, -0.2) is 0 Å². The maximum Gasteiger partial charge on any atom is 0.160 e. The van der Waals surface area contributed by atoms with Crippen LogP contribution < -0.4 is 9.47 Å². The summed E-state index contributed by atoms with van der Waals surface area (Å²) in [4.78, 5) is 0.543. The van der Waals surface area contributed by atoms with Crippen LogP contribution in [0.4, 0.5) is 0 Å². The predicted octanol–water partition coefficient (Wildman–Crippen LogP) is 5.76. The van der Waals surface area contributed by atoms with Crippen LogP contribution in [-0.4, -0.2) is 19.0 Å². The van der Waals surface area contributed by atoms with Gasteiger partial charge in [0.1, 0.15) is 0 Å².